The molecule has 0 amide bonds. The van der Waals surface area contributed by atoms with Gasteiger partial charge < -0.3 is 4.74 Å². The highest BCUT2D eigenvalue weighted by atomic mass is 16.5. The van der Waals surface area contributed by atoms with Gasteiger partial charge in [-0.1, -0.05) is 86.6 Å². The van der Waals surface area contributed by atoms with Crippen molar-refractivity contribution in [2.24, 2.45) is 0 Å². The van der Waals surface area contributed by atoms with Crippen molar-refractivity contribution in [3.05, 3.63) is 120 Å². The highest BCUT2D eigenvalue weighted by Gasteiger charge is 2.28. The van der Waals surface area contributed by atoms with Crippen LogP contribution in [0.1, 0.15) is 99.8 Å². The molecule has 5 nitrogen and oxygen atoms in total. The van der Waals surface area contributed by atoms with Gasteiger partial charge >= 0.3 is 0 Å². The molecule has 0 unspecified atom stereocenters. The lowest BCUT2D eigenvalue weighted by atomic mass is 9.86. The van der Waals surface area contributed by atoms with Crippen LogP contribution < -0.4 is 9.30 Å². The first-order valence-corrected chi connectivity index (χ1v) is 18.2. The van der Waals surface area contributed by atoms with E-state index < -0.39 is 0 Å². The van der Waals surface area contributed by atoms with Crippen LogP contribution in [-0.4, -0.2) is 14.1 Å². The Bertz CT molecular complexity index is 2430. The van der Waals surface area contributed by atoms with Gasteiger partial charge in [-0.05, 0) is 108 Å². The second-order valence-electron chi connectivity index (χ2n) is 18.2. The average molecular weight is 678 g/mol. The van der Waals surface area contributed by atoms with Crippen molar-refractivity contribution >= 4 is 32.8 Å². The number of hydrogen-bond donors (Lipinski definition) is 0. The van der Waals surface area contributed by atoms with E-state index >= 15 is 0 Å². The highest BCUT2D eigenvalue weighted by molar-refractivity contribution is 6.09. The summed E-state index contributed by atoms with van der Waals surface area (Å²) in [5.41, 5.74) is 9.26. The maximum absolute atomic E-state index is 6.86. The fraction of sp³-hybridized carbons (Fsp3) is 0.348. The lowest BCUT2D eigenvalue weighted by molar-refractivity contribution is -0.731. The van der Waals surface area contributed by atoms with Gasteiger partial charge in [-0.3, -0.25) is 4.57 Å². The summed E-state index contributed by atoms with van der Waals surface area (Å²) >= 11 is 0. The molecule has 0 saturated carbocycles. The Hall–Kier alpha value is -4.90. The lowest BCUT2D eigenvalue weighted by Crippen LogP contribution is -2.49. The molecule has 0 aliphatic heterocycles. The molecule has 0 fully saturated rings. The van der Waals surface area contributed by atoms with Gasteiger partial charge in [0.25, 0.3) is 0 Å². The molecule has 51 heavy (non-hydrogen) atoms. The Morgan fingerprint density at radius 3 is 1.84 bits per heavy atom. The molecular weight excluding hydrogens is 625 g/mol. The smallest absolute Gasteiger partial charge is 0.250 e. The molecular formula is C46H53N4O+. The average Bonchev–Trinajstić information content (AvgIpc) is 3.59. The number of nitrogens with zero attached hydrogens (tertiary/aromatic N) is 4. The minimum atomic E-state index is -0.0814. The Morgan fingerprint density at radius 1 is 0.549 bits per heavy atom. The molecule has 5 heteroatoms. The van der Waals surface area contributed by atoms with E-state index in [4.69, 9.17) is 9.72 Å². The third kappa shape index (κ3) is 6.44. The topological polar surface area (TPSA) is 35.9 Å². The first-order chi connectivity index (χ1) is 23.8. The number of para-hydroxylation sites is 2. The summed E-state index contributed by atoms with van der Waals surface area (Å²) in [6.07, 6.45) is 4.17. The third-order valence-electron chi connectivity index (χ3n) is 10.1. The first kappa shape index (κ1) is 34.5. The molecule has 3 heterocycles. The van der Waals surface area contributed by atoms with Gasteiger partial charge in [-0.25, -0.2) is 9.55 Å². The van der Waals surface area contributed by atoms with Crippen molar-refractivity contribution in [3.63, 3.8) is 0 Å². The molecule has 0 aliphatic rings. The van der Waals surface area contributed by atoms with Crippen molar-refractivity contribution in [1.82, 2.24) is 14.1 Å². The Morgan fingerprint density at radius 2 is 1.18 bits per heavy atom. The second-order valence-corrected chi connectivity index (χ2v) is 18.2. The van der Waals surface area contributed by atoms with E-state index in [-0.39, 0.29) is 21.8 Å². The first-order valence-electron chi connectivity index (χ1n) is 18.2. The summed E-state index contributed by atoms with van der Waals surface area (Å²) in [6, 6.07) is 33.0. The number of benzene rings is 4. The molecule has 0 bridgehead atoms. The molecule has 0 N–H and O–H groups in total. The molecule has 7 rings (SSSR count). The second kappa shape index (κ2) is 11.8. The molecule has 0 saturated heterocycles. The monoisotopic (exact) mass is 677 g/mol. The summed E-state index contributed by atoms with van der Waals surface area (Å²) < 4.78 is 13.8. The minimum Gasteiger partial charge on any atom is -0.457 e. The van der Waals surface area contributed by atoms with Crippen molar-refractivity contribution in [3.8, 4) is 23.0 Å². The van der Waals surface area contributed by atoms with Gasteiger partial charge in [-0.2, -0.15) is 4.57 Å². The van der Waals surface area contributed by atoms with Crippen LogP contribution in [-0.2, 0) is 21.8 Å². The SMILES string of the molecule is CC(C)(C)c1cc(Oc2ccc3c4ccc(C(C)(C)C)cc4n(-c4cc(C(C)(C)C)ccn4)c3c2)cc(-n2c[n+](C(C)(C)C)c3ccccc32)c1. The summed E-state index contributed by atoms with van der Waals surface area (Å²) in [5.74, 6) is 2.50. The van der Waals surface area contributed by atoms with E-state index in [9.17, 15) is 0 Å². The van der Waals surface area contributed by atoms with Gasteiger partial charge in [0.15, 0.2) is 11.0 Å². The van der Waals surface area contributed by atoms with Crippen LogP contribution in [0.5, 0.6) is 11.5 Å². The largest absolute Gasteiger partial charge is 0.457 e. The number of hydrogen-bond acceptors (Lipinski definition) is 2. The van der Waals surface area contributed by atoms with Gasteiger partial charge in [0.2, 0.25) is 6.33 Å². The zero-order chi connectivity index (χ0) is 36.7. The maximum atomic E-state index is 6.86. The predicted molar refractivity (Wildman–Crippen MR) is 213 cm³/mol. The van der Waals surface area contributed by atoms with E-state index in [1.165, 1.54) is 33.0 Å². The zero-order valence-corrected chi connectivity index (χ0v) is 32.5. The van der Waals surface area contributed by atoms with Gasteiger partial charge in [0.1, 0.15) is 28.5 Å². The molecule has 0 atom stereocenters. The Labute approximate surface area is 303 Å². The molecule has 4 aromatic carbocycles. The third-order valence-corrected chi connectivity index (χ3v) is 10.1. The van der Waals surface area contributed by atoms with Crippen LogP contribution in [0.2, 0.25) is 0 Å². The molecule has 7 aromatic rings. The number of pyridine rings is 1. The number of aromatic nitrogens is 4. The standard InChI is InChI=1S/C46H53N4O/c1-43(2,3)30-17-19-36-37-20-18-34(28-41(37)50(40(36)25-30)42-26-31(21-22-47-42)44(4,5)6)51-35-24-32(45(7,8)9)23-33(27-35)48-29-49(46(10,11)12)39-16-14-13-15-38(39)48/h13-29H,1-12H3/q+1. The van der Waals surface area contributed by atoms with Gasteiger partial charge in [0.05, 0.1) is 11.0 Å². The molecule has 0 radical (unpaired) electrons. The molecule has 3 aromatic heterocycles. The fourth-order valence-electron chi connectivity index (χ4n) is 6.98. The van der Waals surface area contributed by atoms with E-state index in [1.54, 1.807) is 0 Å². The fourth-order valence-corrected chi connectivity index (χ4v) is 6.98. The van der Waals surface area contributed by atoms with Crippen molar-refractivity contribution in [2.75, 3.05) is 0 Å². The summed E-state index contributed by atoms with van der Waals surface area (Å²) in [5, 5.41) is 2.38. The van der Waals surface area contributed by atoms with Crippen molar-refractivity contribution in [2.45, 2.75) is 105 Å². The van der Waals surface area contributed by atoms with Gasteiger partial charge in [-0.15, -0.1) is 0 Å². The van der Waals surface area contributed by atoms with Crippen LogP contribution in [0.15, 0.2) is 104 Å². The van der Waals surface area contributed by atoms with Crippen molar-refractivity contribution in [1.29, 1.82) is 0 Å². The number of ether oxygens (including phenoxy) is 1. The molecule has 0 spiro atoms. The van der Waals surface area contributed by atoms with E-state index in [1.807, 2.05) is 6.20 Å². The predicted octanol–water partition coefficient (Wildman–Crippen LogP) is 11.8. The normalized spacial score (nSPS) is 13.1. The zero-order valence-electron chi connectivity index (χ0n) is 32.5. The Balaban J connectivity index is 1.41. The number of fused-ring (bicyclic) bond motifs is 4. The Kier molecular flexibility index (Phi) is 8.01. The molecule has 262 valence electrons. The van der Waals surface area contributed by atoms with Crippen LogP contribution >= 0.6 is 0 Å². The van der Waals surface area contributed by atoms with Gasteiger partial charge in [0, 0.05) is 29.1 Å². The molecule has 0 aliphatic carbocycles. The van der Waals surface area contributed by atoms with Crippen LogP contribution in [0.3, 0.4) is 0 Å². The summed E-state index contributed by atoms with van der Waals surface area (Å²) in [7, 11) is 0. The lowest BCUT2D eigenvalue weighted by Gasteiger charge is -2.21. The van der Waals surface area contributed by atoms with Crippen LogP contribution in [0.4, 0.5) is 0 Å². The van der Waals surface area contributed by atoms with E-state index in [0.717, 1.165) is 39.6 Å². The van der Waals surface area contributed by atoms with Crippen molar-refractivity contribution < 1.29 is 9.30 Å². The summed E-state index contributed by atoms with van der Waals surface area (Å²) in [6.45, 7) is 27.1. The number of rotatable bonds is 4. The number of imidazole rings is 1. The quantitative estimate of drug-likeness (QED) is 0.174. The van der Waals surface area contributed by atoms with E-state index in [2.05, 4.69) is 194 Å². The minimum absolute atomic E-state index is 0.00569. The van der Waals surface area contributed by atoms with Crippen LogP contribution in [0, 0.1) is 0 Å². The summed E-state index contributed by atoms with van der Waals surface area (Å²) in [4.78, 5) is 4.95. The maximum Gasteiger partial charge on any atom is 0.250 e. The highest BCUT2D eigenvalue weighted by Crippen LogP contribution is 2.39. The van der Waals surface area contributed by atoms with E-state index in [0.29, 0.717) is 0 Å². The van der Waals surface area contributed by atoms with Crippen LogP contribution in [0.25, 0.3) is 44.3 Å².